The molecule has 7 heteroatoms. The van der Waals surface area contributed by atoms with Crippen molar-refractivity contribution in [3.8, 4) is 0 Å². The fraction of sp³-hybridized carbons (Fsp3) is 0.143. The molecule has 0 fully saturated rings. The van der Waals surface area contributed by atoms with Crippen LogP contribution in [0.25, 0.3) is 0 Å². The lowest BCUT2D eigenvalue weighted by molar-refractivity contribution is 0.0935. The zero-order valence-electron chi connectivity index (χ0n) is 11.3. The molecule has 2 aromatic rings. The maximum Gasteiger partial charge on any atom is 0.336 e. The Morgan fingerprint density at radius 3 is 2.48 bits per heavy atom. The molecule has 0 unspecified atom stereocenters. The SMILES string of the molecule is CN(Cc1ccccc1)C(=O)NNC(=O)c1ccc(Br)s1. The molecule has 21 heavy (non-hydrogen) atoms. The number of rotatable bonds is 3. The first kappa shape index (κ1) is 15.5. The number of hydrogen-bond acceptors (Lipinski definition) is 3. The predicted octanol–water partition coefficient (Wildman–Crippen LogP) is 3.00. The van der Waals surface area contributed by atoms with Crippen LogP contribution in [-0.2, 0) is 6.54 Å². The molecule has 110 valence electrons. The molecule has 0 bridgehead atoms. The third kappa shape index (κ3) is 4.57. The number of carbonyl (C=O) groups is 2. The van der Waals surface area contributed by atoms with Crippen molar-refractivity contribution in [1.82, 2.24) is 15.8 Å². The Hall–Kier alpha value is -1.86. The molecule has 1 heterocycles. The van der Waals surface area contributed by atoms with E-state index in [1.165, 1.54) is 16.2 Å². The summed E-state index contributed by atoms with van der Waals surface area (Å²) < 4.78 is 0.861. The third-order valence-electron chi connectivity index (χ3n) is 2.69. The maximum atomic E-state index is 11.9. The molecule has 0 aliphatic rings. The largest absolute Gasteiger partial charge is 0.336 e. The van der Waals surface area contributed by atoms with Crippen molar-refractivity contribution >= 4 is 39.2 Å². The number of amides is 3. The van der Waals surface area contributed by atoms with Crippen LogP contribution in [0.15, 0.2) is 46.3 Å². The summed E-state index contributed by atoms with van der Waals surface area (Å²) in [5.41, 5.74) is 5.79. The number of halogens is 1. The molecule has 0 saturated carbocycles. The fourth-order valence-corrected chi connectivity index (χ4v) is 2.91. The van der Waals surface area contributed by atoms with E-state index < -0.39 is 0 Å². The first-order chi connectivity index (χ1) is 10.1. The highest BCUT2D eigenvalue weighted by atomic mass is 79.9. The van der Waals surface area contributed by atoms with E-state index >= 15 is 0 Å². The molecule has 0 atom stereocenters. The number of thiophene rings is 1. The van der Waals surface area contributed by atoms with E-state index in [-0.39, 0.29) is 11.9 Å². The van der Waals surface area contributed by atoms with Crippen molar-refractivity contribution in [2.75, 3.05) is 7.05 Å². The van der Waals surface area contributed by atoms with Crippen LogP contribution in [0, 0.1) is 0 Å². The van der Waals surface area contributed by atoms with Gasteiger partial charge in [-0.2, -0.15) is 0 Å². The lowest BCUT2D eigenvalue weighted by Gasteiger charge is -2.18. The van der Waals surface area contributed by atoms with Gasteiger partial charge in [-0.25, -0.2) is 10.2 Å². The van der Waals surface area contributed by atoms with Gasteiger partial charge in [-0.1, -0.05) is 30.3 Å². The Morgan fingerprint density at radius 2 is 1.86 bits per heavy atom. The third-order valence-corrected chi connectivity index (χ3v) is 4.31. The Bertz CT molecular complexity index is 630. The summed E-state index contributed by atoms with van der Waals surface area (Å²) in [6.45, 7) is 0.465. The van der Waals surface area contributed by atoms with Gasteiger partial charge in [0.15, 0.2) is 0 Å². The average molecular weight is 368 g/mol. The summed E-state index contributed by atoms with van der Waals surface area (Å²) in [5, 5.41) is 0. The molecule has 5 nitrogen and oxygen atoms in total. The molecular formula is C14H14BrN3O2S. The number of nitrogens with zero attached hydrogens (tertiary/aromatic N) is 1. The predicted molar refractivity (Wildman–Crippen MR) is 85.9 cm³/mol. The van der Waals surface area contributed by atoms with Crippen molar-refractivity contribution in [2.24, 2.45) is 0 Å². The molecule has 0 spiro atoms. The van der Waals surface area contributed by atoms with Gasteiger partial charge in [0.05, 0.1) is 8.66 Å². The van der Waals surface area contributed by atoms with Crippen molar-refractivity contribution in [1.29, 1.82) is 0 Å². The van der Waals surface area contributed by atoms with Gasteiger partial charge in [-0.3, -0.25) is 10.2 Å². The molecule has 0 aliphatic carbocycles. The van der Waals surface area contributed by atoms with Gasteiger partial charge in [0.2, 0.25) is 0 Å². The summed E-state index contributed by atoms with van der Waals surface area (Å²) in [5.74, 6) is -0.341. The summed E-state index contributed by atoms with van der Waals surface area (Å²) >= 11 is 4.58. The highest BCUT2D eigenvalue weighted by molar-refractivity contribution is 9.11. The molecule has 0 aliphatic heterocycles. The zero-order valence-corrected chi connectivity index (χ0v) is 13.7. The monoisotopic (exact) mass is 367 g/mol. The molecule has 3 amide bonds. The van der Waals surface area contributed by atoms with E-state index in [1.807, 2.05) is 30.3 Å². The molecule has 1 aromatic heterocycles. The van der Waals surface area contributed by atoms with Crippen LogP contribution in [0.4, 0.5) is 4.79 Å². The molecular weight excluding hydrogens is 354 g/mol. The number of benzene rings is 1. The Balaban J connectivity index is 1.82. The van der Waals surface area contributed by atoms with E-state index in [0.717, 1.165) is 9.35 Å². The second-order valence-electron chi connectivity index (χ2n) is 4.33. The minimum Gasteiger partial charge on any atom is -0.322 e. The first-order valence-electron chi connectivity index (χ1n) is 6.17. The quantitative estimate of drug-likeness (QED) is 0.819. The lowest BCUT2D eigenvalue weighted by Crippen LogP contribution is -2.47. The van der Waals surface area contributed by atoms with Gasteiger partial charge >= 0.3 is 6.03 Å². The van der Waals surface area contributed by atoms with Crippen LogP contribution in [0.5, 0.6) is 0 Å². The number of carbonyl (C=O) groups excluding carboxylic acids is 2. The van der Waals surface area contributed by atoms with Gasteiger partial charge in [-0.05, 0) is 33.6 Å². The van der Waals surface area contributed by atoms with Gasteiger partial charge in [0.25, 0.3) is 5.91 Å². The van der Waals surface area contributed by atoms with Crippen LogP contribution in [0.2, 0.25) is 0 Å². The van der Waals surface area contributed by atoms with Gasteiger partial charge in [0, 0.05) is 13.6 Å². The lowest BCUT2D eigenvalue weighted by atomic mass is 10.2. The molecule has 0 radical (unpaired) electrons. The second kappa shape index (κ2) is 7.24. The standard InChI is InChI=1S/C14H14BrN3O2S/c1-18(9-10-5-3-2-4-6-10)14(20)17-16-13(19)11-7-8-12(15)21-11/h2-8H,9H2,1H3,(H,16,19)(H,17,20). The van der Waals surface area contributed by atoms with E-state index in [4.69, 9.17) is 0 Å². The van der Waals surface area contributed by atoms with Crippen LogP contribution in [0.1, 0.15) is 15.2 Å². The summed E-state index contributed by atoms with van der Waals surface area (Å²) in [6, 6.07) is 12.7. The summed E-state index contributed by atoms with van der Waals surface area (Å²) in [4.78, 5) is 25.7. The van der Waals surface area contributed by atoms with Gasteiger partial charge in [0.1, 0.15) is 0 Å². The van der Waals surface area contributed by atoms with E-state index in [1.54, 1.807) is 19.2 Å². The zero-order chi connectivity index (χ0) is 15.2. The van der Waals surface area contributed by atoms with Crippen LogP contribution in [-0.4, -0.2) is 23.9 Å². The maximum absolute atomic E-state index is 11.9. The average Bonchev–Trinajstić information content (AvgIpc) is 2.92. The van der Waals surface area contributed by atoms with E-state index in [9.17, 15) is 9.59 Å². The summed E-state index contributed by atoms with van der Waals surface area (Å²) in [7, 11) is 1.66. The van der Waals surface area contributed by atoms with E-state index in [2.05, 4.69) is 26.8 Å². The Labute approximate surface area is 135 Å². The molecule has 0 saturated heterocycles. The Morgan fingerprint density at radius 1 is 1.14 bits per heavy atom. The number of hydrazine groups is 1. The van der Waals surface area contributed by atoms with Crippen molar-refractivity contribution in [3.63, 3.8) is 0 Å². The first-order valence-corrected chi connectivity index (χ1v) is 7.78. The second-order valence-corrected chi connectivity index (χ2v) is 6.79. The minimum absolute atomic E-state index is 0.341. The topological polar surface area (TPSA) is 61.4 Å². The van der Waals surface area contributed by atoms with E-state index in [0.29, 0.717) is 11.4 Å². The highest BCUT2D eigenvalue weighted by Gasteiger charge is 2.12. The molecule has 1 aromatic carbocycles. The Kier molecular flexibility index (Phi) is 5.35. The van der Waals surface area contributed by atoms with Gasteiger partial charge in [-0.15, -0.1) is 11.3 Å². The van der Waals surface area contributed by atoms with Gasteiger partial charge < -0.3 is 4.90 Å². The van der Waals surface area contributed by atoms with Crippen LogP contribution >= 0.6 is 27.3 Å². The smallest absolute Gasteiger partial charge is 0.322 e. The molecule has 2 rings (SSSR count). The normalized spacial score (nSPS) is 10.0. The van der Waals surface area contributed by atoms with Crippen molar-refractivity contribution < 1.29 is 9.59 Å². The van der Waals surface area contributed by atoms with Crippen molar-refractivity contribution in [3.05, 3.63) is 56.7 Å². The fourth-order valence-electron chi connectivity index (χ4n) is 1.63. The number of hydrogen-bond donors (Lipinski definition) is 2. The molecule has 2 N–H and O–H groups in total. The number of nitrogens with one attached hydrogen (secondary N) is 2. The summed E-state index contributed by atoms with van der Waals surface area (Å²) in [6.07, 6.45) is 0. The van der Waals surface area contributed by atoms with Crippen molar-refractivity contribution in [2.45, 2.75) is 6.54 Å². The van der Waals surface area contributed by atoms with Crippen LogP contribution in [0.3, 0.4) is 0 Å². The van der Waals surface area contributed by atoms with Crippen LogP contribution < -0.4 is 10.9 Å². The highest BCUT2D eigenvalue weighted by Crippen LogP contribution is 2.21. The minimum atomic E-state index is -0.372. The number of urea groups is 1.